The van der Waals surface area contributed by atoms with Gasteiger partial charge in [-0.2, -0.15) is 10.1 Å². The Labute approximate surface area is 142 Å². The highest BCUT2D eigenvalue weighted by molar-refractivity contribution is 5.92. The van der Waals surface area contributed by atoms with Crippen molar-refractivity contribution in [3.8, 4) is 5.88 Å². The van der Waals surface area contributed by atoms with Crippen molar-refractivity contribution in [2.24, 2.45) is 7.05 Å². The number of ether oxygens (including phenoxy) is 2. The van der Waals surface area contributed by atoms with Crippen molar-refractivity contribution < 1.29 is 14.3 Å². The number of anilines is 1. The van der Waals surface area contributed by atoms with Gasteiger partial charge >= 0.3 is 5.97 Å². The summed E-state index contributed by atoms with van der Waals surface area (Å²) in [5.74, 6) is 0.416. The van der Waals surface area contributed by atoms with Crippen molar-refractivity contribution in [3.63, 3.8) is 0 Å². The van der Waals surface area contributed by atoms with Crippen LogP contribution < -0.4 is 10.1 Å². The van der Waals surface area contributed by atoms with Gasteiger partial charge in [-0.15, -0.1) is 0 Å². The van der Waals surface area contributed by atoms with Crippen LogP contribution in [0.15, 0.2) is 12.1 Å². The lowest BCUT2D eigenvalue weighted by Crippen LogP contribution is -2.20. The third-order valence-electron chi connectivity index (χ3n) is 4.02. The van der Waals surface area contributed by atoms with E-state index in [2.05, 4.69) is 29.2 Å². The summed E-state index contributed by atoms with van der Waals surface area (Å²) in [6, 6.07) is 3.54. The fourth-order valence-electron chi connectivity index (χ4n) is 2.66. The predicted octanol–water partition coefficient (Wildman–Crippen LogP) is 2.27. The molecule has 7 heteroatoms. The van der Waals surface area contributed by atoms with Crippen LogP contribution >= 0.6 is 0 Å². The first-order valence-corrected chi connectivity index (χ1v) is 7.76. The van der Waals surface area contributed by atoms with Gasteiger partial charge in [-0.25, -0.2) is 4.79 Å². The highest BCUT2D eigenvalue weighted by Gasteiger charge is 2.17. The van der Waals surface area contributed by atoms with Gasteiger partial charge in [0.2, 0.25) is 5.88 Å². The van der Waals surface area contributed by atoms with Crippen LogP contribution in [0.2, 0.25) is 0 Å². The van der Waals surface area contributed by atoms with E-state index >= 15 is 0 Å². The summed E-state index contributed by atoms with van der Waals surface area (Å²) < 4.78 is 11.8. The number of carbonyl (C=O) groups excluding carboxylic acids is 1. The van der Waals surface area contributed by atoms with Crippen molar-refractivity contribution in [1.82, 2.24) is 14.8 Å². The molecule has 0 saturated heterocycles. The van der Waals surface area contributed by atoms with E-state index in [4.69, 9.17) is 9.47 Å². The Morgan fingerprint density at radius 1 is 1.33 bits per heavy atom. The number of methoxy groups -OCH3 is 2. The monoisotopic (exact) mass is 332 g/mol. The summed E-state index contributed by atoms with van der Waals surface area (Å²) in [6.45, 7) is 6.16. The fraction of sp³-hybridized carbons (Fsp3) is 0.471. The number of nitrogens with zero attached hydrogens (tertiary/aromatic N) is 3. The number of pyridine rings is 1. The van der Waals surface area contributed by atoms with Gasteiger partial charge in [0.25, 0.3) is 0 Å². The number of aryl methyl sites for hydroxylation is 2. The zero-order chi connectivity index (χ0) is 17.9. The van der Waals surface area contributed by atoms with E-state index in [1.807, 2.05) is 18.7 Å². The zero-order valence-corrected chi connectivity index (χ0v) is 15.0. The molecule has 7 nitrogen and oxygen atoms in total. The topological polar surface area (TPSA) is 78.3 Å². The van der Waals surface area contributed by atoms with E-state index < -0.39 is 5.97 Å². The summed E-state index contributed by atoms with van der Waals surface area (Å²) in [6.07, 6.45) is 0.828. The second kappa shape index (κ2) is 7.33. The van der Waals surface area contributed by atoms with Gasteiger partial charge in [-0.3, -0.25) is 4.68 Å². The molecular weight excluding hydrogens is 308 g/mol. The molecule has 0 saturated carbocycles. The molecule has 2 aromatic rings. The maximum Gasteiger partial charge on any atom is 0.343 e. The quantitative estimate of drug-likeness (QED) is 0.818. The largest absolute Gasteiger partial charge is 0.480 e. The minimum atomic E-state index is -0.472. The molecule has 0 aliphatic rings. The fourth-order valence-corrected chi connectivity index (χ4v) is 2.66. The first-order chi connectivity index (χ1) is 11.4. The van der Waals surface area contributed by atoms with Crippen molar-refractivity contribution >= 4 is 11.8 Å². The van der Waals surface area contributed by atoms with Crippen molar-refractivity contribution in [3.05, 3.63) is 34.6 Å². The maximum atomic E-state index is 11.7. The second-order valence-corrected chi connectivity index (χ2v) is 5.77. The molecule has 2 aromatic heterocycles. The molecule has 0 aliphatic carbocycles. The van der Waals surface area contributed by atoms with E-state index in [0.717, 1.165) is 17.8 Å². The van der Waals surface area contributed by atoms with E-state index in [1.165, 1.54) is 19.8 Å². The van der Waals surface area contributed by atoms with Crippen LogP contribution in [-0.4, -0.2) is 41.0 Å². The highest BCUT2D eigenvalue weighted by Crippen LogP contribution is 2.21. The number of esters is 1. The highest BCUT2D eigenvalue weighted by atomic mass is 16.5. The molecule has 2 rings (SSSR count). The Kier molecular flexibility index (Phi) is 5.43. The van der Waals surface area contributed by atoms with Crippen LogP contribution in [0.25, 0.3) is 0 Å². The normalized spacial score (nSPS) is 11.9. The summed E-state index contributed by atoms with van der Waals surface area (Å²) in [5.41, 5.74) is 3.73. The molecule has 0 fully saturated rings. The molecule has 0 spiro atoms. The molecule has 2 heterocycles. The van der Waals surface area contributed by atoms with Crippen LogP contribution in [0, 0.1) is 13.8 Å². The van der Waals surface area contributed by atoms with Crippen LogP contribution in [0.1, 0.15) is 34.2 Å². The molecule has 1 N–H and O–H groups in total. The van der Waals surface area contributed by atoms with Gasteiger partial charge < -0.3 is 14.8 Å². The average molecular weight is 332 g/mol. The summed E-state index contributed by atoms with van der Waals surface area (Å²) in [4.78, 5) is 16.0. The van der Waals surface area contributed by atoms with Crippen molar-refractivity contribution in [2.75, 3.05) is 19.5 Å². The number of carbonyl (C=O) groups is 1. The Balaban J connectivity index is 2.14. The summed E-state index contributed by atoms with van der Waals surface area (Å²) in [7, 11) is 4.75. The molecule has 24 heavy (non-hydrogen) atoms. The number of nitrogens with one attached hydrogen (secondary N) is 1. The third kappa shape index (κ3) is 3.67. The second-order valence-electron chi connectivity index (χ2n) is 5.77. The molecule has 1 unspecified atom stereocenters. The Morgan fingerprint density at radius 3 is 2.58 bits per heavy atom. The standard InChI is InChI=1S/C17H24N4O3/c1-10(9-14-11(2)20-21(4)12(14)3)18-15-8-7-13(17(22)24-6)16(19-15)23-5/h7-8,10H,9H2,1-6H3,(H,18,19). The van der Waals surface area contributed by atoms with Crippen molar-refractivity contribution in [1.29, 1.82) is 0 Å². The lowest BCUT2D eigenvalue weighted by atomic mass is 10.1. The molecule has 1 atom stereocenters. The molecular formula is C17H24N4O3. The third-order valence-corrected chi connectivity index (χ3v) is 4.02. The smallest absolute Gasteiger partial charge is 0.343 e. The van der Waals surface area contributed by atoms with Gasteiger partial charge in [0.1, 0.15) is 11.4 Å². The summed E-state index contributed by atoms with van der Waals surface area (Å²) in [5, 5.41) is 7.77. The Bertz CT molecular complexity index is 740. The van der Waals surface area contributed by atoms with Gasteiger partial charge in [-0.1, -0.05) is 0 Å². The van der Waals surface area contributed by atoms with Gasteiger partial charge in [0, 0.05) is 18.8 Å². The van der Waals surface area contributed by atoms with Crippen LogP contribution in [-0.2, 0) is 18.2 Å². The molecule has 0 aliphatic heterocycles. The minimum Gasteiger partial charge on any atom is -0.480 e. The Hall–Kier alpha value is -2.57. The van der Waals surface area contributed by atoms with E-state index in [1.54, 1.807) is 12.1 Å². The van der Waals surface area contributed by atoms with Crippen LogP contribution in [0.3, 0.4) is 0 Å². The van der Waals surface area contributed by atoms with E-state index in [0.29, 0.717) is 11.4 Å². The lowest BCUT2D eigenvalue weighted by molar-refractivity contribution is 0.0596. The van der Waals surface area contributed by atoms with Gasteiger partial charge in [0.05, 0.1) is 19.9 Å². The zero-order valence-electron chi connectivity index (χ0n) is 15.0. The molecule has 0 bridgehead atoms. The lowest BCUT2D eigenvalue weighted by Gasteiger charge is -2.16. The molecule has 0 radical (unpaired) electrons. The Morgan fingerprint density at radius 2 is 2.04 bits per heavy atom. The minimum absolute atomic E-state index is 0.146. The van der Waals surface area contributed by atoms with E-state index in [-0.39, 0.29) is 11.9 Å². The molecule has 0 amide bonds. The van der Waals surface area contributed by atoms with Gasteiger partial charge in [-0.05, 0) is 44.9 Å². The number of rotatable bonds is 6. The first kappa shape index (κ1) is 17.8. The van der Waals surface area contributed by atoms with Gasteiger partial charge in [0.15, 0.2) is 0 Å². The first-order valence-electron chi connectivity index (χ1n) is 7.76. The summed E-state index contributed by atoms with van der Waals surface area (Å²) >= 11 is 0. The SMILES string of the molecule is COC(=O)c1ccc(NC(C)Cc2c(C)nn(C)c2C)nc1OC. The number of aromatic nitrogens is 3. The van der Waals surface area contributed by atoms with E-state index in [9.17, 15) is 4.79 Å². The number of hydrogen-bond donors (Lipinski definition) is 1. The van der Waals surface area contributed by atoms with Crippen molar-refractivity contribution in [2.45, 2.75) is 33.2 Å². The van der Waals surface area contributed by atoms with Crippen LogP contribution in [0.5, 0.6) is 5.88 Å². The molecule has 0 aromatic carbocycles. The number of hydrogen-bond acceptors (Lipinski definition) is 6. The maximum absolute atomic E-state index is 11.7. The average Bonchev–Trinajstić information content (AvgIpc) is 2.80. The molecule has 130 valence electrons. The predicted molar refractivity (Wildman–Crippen MR) is 91.6 cm³/mol. The van der Waals surface area contributed by atoms with Crippen LogP contribution in [0.4, 0.5) is 5.82 Å².